The second-order valence-electron chi connectivity index (χ2n) is 5.76. The highest BCUT2D eigenvalue weighted by molar-refractivity contribution is 5.88. The van der Waals surface area contributed by atoms with Gasteiger partial charge in [-0.25, -0.2) is 0 Å². The Morgan fingerprint density at radius 3 is 2.44 bits per heavy atom. The van der Waals surface area contributed by atoms with Crippen molar-refractivity contribution in [3.63, 3.8) is 0 Å². The largest absolute Gasteiger partial charge is 0.491 e. The first-order valence-corrected chi connectivity index (χ1v) is 6.34. The SMILES string of the molecule is CC(C)(C)C(N)COc1cccc2ccccc12. The second kappa shape index (κ2) is 4.99. The monoisotopic (exact) mass is 243 g/mol. The number of rotatable bonds is 3. The van der Waals surface area contributed by atoms with E-state index in [1.165, 1.54) is 5.39 Å². The summed E-state index contributed by atoms with van der Waals surface area (Å²) in [5.41, 5.74) is 6.18. The van der Waals surface area contributed by atoms with Crippen LogP contribution in [-0.2, 0) is 0 Å². The molecule has 2 nitrogen and oxygen atoms in total. The van der Waals surface area contributed by atoms with Crippen molar-refractivity contribution in [3.8, 4) is 5.75 Å². The molecule has 0 heterocycles. The van der Waals surface area contributed by atoms with Gasteiger partial charge >= 0.3 is 0 Å². The standard InChI is InChI=1S/C16H21NO/c1-16(2,3)15(17)11-18-14-10-6-8-12-7-4-5-9-13(12)14/h4-10,15H,11,17H2,1-3H3. The van der Waals surface area contributed by atoms with Crippen LogP contribution in [0.2, 0.25) is 0 Å². The summed E-state index contributed by atoms with van der Waals surface area (Å²) in [4.78, 5) is 0. The van der Waals surface area contributed by atoms with Gasteiger partial charge in [0.2, 0.25) is 0 Å². The van der Waals surface area contributed by atoms with Crippen LogP contribution in [0.15, 0.2) is 42.5 Å². The zero-order chi connectivity index (χ0) is 13.2. The van der Waals surface area contributed by atoms with Gasteiger partial charge < -0.3 is 10.5 Å². The van der Waals surface area contributed by atoms with Gasteiger partial charge in [0, 0.05) is 11.4 Å². The Balaban J connectivity index is 2.18. The van der Waals surface area contributed by atoms with Crippen LogP contribution >= 0.6 is 0 Å². The van der Waals surface area contributed by atoms with Gasteiger partial charge in [0.1, 0.15) is 12.4 Å². The lowest BCUT2D eigenvalue weighted by molar-refractivity contribution is 0.207. The smallest absolute Gasteiger partial charge is 0.127 e. The summed E-state index contributed by atoms with van der Waals surface area (Å²) in [5, 5.41) is 2.33. The highest BCUT2D eigenvalue weighted by Gasteiger charge is 2.21. The molecule has 18 heavy (non-hydrogen) atoms. The van der Waals surface area contributed by atoms with E-state index in [0.717, 1.165) is 11.1 Å². The summed E-state index contributed by atoms with van der Waals surface area (Å²) in [6.07, 6.45) is 0. The van der Waals surface area contributed by atoms with Crippen molar-refractivity contribution in [1.29, 1.82) is 0 Å². The maximum atomic E-state index is 6.12. The van der Waals surface area contributed by atoms with Crippen molar-refractivity contribution < 1.29 is 4.74 Å². The molecular formula is C16H21NO. The first-order chi connectivity index (χ1) is 8.48. The molecule has 2 aromatic carbocycles. The van der Waals surface area contributed by atoms with Gasteiger partial charge in [0.15, 0.2) is 0 Å². The molecule has 2 N–H and O–H groups in total. The lowest BCUT2D eigenvalue weighted by atomic mass is 9.88. The van der Waals surface area contributed by atoms with E-state index in [9.17, 15) is 0 Å². The molecule has 0 bridgehead atoms. The van der Waals surface area contributed by atoms with Crippen LogP contribution in [0.5, 0.6) is 5.75 Å². The van der Waals surface area contributed by atoms with Gasteiger partial charge in [0.05, 0.1) is 0 Å². The fourth-order valence-corrected chi connectivity index (χ4v) is 1.75. The second-order valence-corrected chi connectivity index (χ2v) is 5.76. The van der Waals surface area contributed by atoms with Crippen molar-refractivity contribution in [2.45, 2.75) is 26.8 Å². The summed E-state index contributed by atoms with van der Waals surface area (Å²) < 4.78 is 5.88. The van der Waals surface area contributed by atoms with Crippen molar-refractivity contribution in [1.82, 2.24) is 0 Å². The Hall–Kier alpha value is -1.54. The van der Waals surface area contributed by atoms with E-state index in [0.29, 0.717) is 6.61 Å². The number of fused-ring (bicyclic) bond motifs is 1. The maximum Gasteiger partial charge on any atom is 0.127 e. The van der Waals surface area contributed by atoms with E-state index < -0.39 is 0 Å². The minimum absolute atomic E-state index is 0.0245. The van der Waals surface area contributed by atoms with E-state index >= 15 is 0 Å². The van der Waals surface area contributed by atoms with Gasteiger partial charge in [-0.1, -0.05) is 57.2 Å². The third kappa shape index (κ3) is 2.82. The first-order valence-electron chi connectivity index (χ1n) is 6.34. The predicted octanol–water partition coefficient (Wildman–Crippen LogP) is 3.59. The van der Waals surface area contributed by atoms with Crippen LogP contribution in [0.25, 0.3) is 10.8 Å². The molecule has 0 aliphatic heterocycles. The van der Waals surface area contributed by atoms with E-state index in [1.807, 2.05) is 24.3 Å². The Morgan fingerprint density at radius 2 is 1.72 bits per heavy atom. The van der Waals surface area contributed by atoms with Crippen LogP contribution in [-0.4, -0.2) is 12.6 Å². The topological polar surface area (TPSA) is 35.2 Å². The van der Waals surface area contributed by atoms with E-state index in [1.54, 1.807) is 0 Å². The molecule has 2 aromatic rings. The first kappa shape index (κ1) is 12.9. The lowest BCUT2D eigenvalue weighted by Crippen LogP contribution is -2.40. The van der Waals surface area contributed by atoms with Gasteiger partial charge in [0.25, 0.3) is 0 Å². The van der Waals surface area contributed by atoms with Crippen molar-refractivity contribution in [2.75, 3.05) is 6.61 Å². The van der Waals surface area contributed by atoms with E-state index in [-0.39, 0.29) is 11.5 Å². The minimum atomic E-state index is 0.0245. The number of benzene rings is 2. The Morgan fingerprint density at radius 1 is 1.06 bits per heavy atom. The number of ether oxygens (including phenoxy) is 1. The normalized spacial score (nSPS) is 13.6. The molecule has 0 aromatic heterocycles. The average molecular weight is 243 g/mol. The molecule has 0 saturated carbocycles. The molecule has 0 saturated heterocycles. The van der Waals surface area contributed by atoms with Crippen molar-refractivity contribution in [2.24, 2.45) is 11.1 Å². The van der Waals surface area contributed by atoms with Gasteiger partial charge in [-0.3, -0.25) is 0 Å². The zero-order valence-corrected chi connectivity index (χ0v) is 11.3. The summed E-state index contributed by atoms with van der Waals surface area (Å²) in [5.74, 6) is 0.910. The molecule has 2 rings (SSSR count). The number of nitrogens with two attached hydrogens (primary N) is 1. The van der Waals surface area contributed by atoms with E-state index in [2.05, 4.69) is 39.0 Å². The van der Waals surface area contributed by atoms with Crippen LogP contribution in [0.1, 0.15) is 20.8 Å². The summed E-state index contributed by atoms with van der Waals surface area (Å²) in [7, 11) is 0. The average Bonchev–Trinajstić information content (AvgIpc) is 2.34. The lowest BCUT2D eigenvalue weighted by Gasteiger charge is -2.27. The molecule has 0 amide bonds. The summed E-state index contributed by atoms with van der Waals surface area (Å²) in [6.45, 7) is 6.93. The molecular weight excluding hydrogens is 222 g/mol. The van der Waals surface area contributed by atoms with Crippen LogP contribution in [0.3, 0.4) is 0 Å². The molecule has 96 valence electrons. The number of hydrogen-bond acceptors (Lipinski definition) is 2. The quantitative estimate of drug-likeness (QED) is 0.894. The summed E-state index contributed by atoms with van der Waals surface area (Å²) in [6, 6.07) is 14.4. The van der Waals surface area contributed by atoms with Crippen LogP contribution in [0.4, 0.5) is 0 Å². The molecule has 0 radical (unpaired) electrons. The van der Waals surface area contributed by atoms with Gasteiger partial charge in [-0.15, -0.1) is 0 Å². The molecule has 0 fully saturated rings. The molecule has 2 heteroatoms. The zero-order valence-electron chi connectivity index (χ0n) is 11.3. The fourth-order valence-electron chi connectivity index (χ4n) is 1.75. The van der Waals surface area contributed by atoms with Crippen LogP contribution in [0, 0.1) is 5.41 Å². The molecule has 0 aliphatic rings. The predicted molar refractivity (Wildman–Crippen MR) is 76.9 cm³/mol. The van der Waals surface area contributed by atoms with Crippen molar-refractivity contribution >= 4 is 10.8 Å². The third-order valence-corrected chi connectivity index (χ3v) is 3.28. The molecule has 0 aliphatic carbocycles. The van der Waals surface area contributed by atoms with Crippen LogP contribution < -0.4 is 10.5 Å². The third-order valence-electron chi connectivity index (χ3n) is 3.28. The maximum absolute atomic E-state index is 6.12. The van der Waals surface area contributed by atoms with E-state index in [4.69, 9.17) is 10.5 Å². The Kier molecular flexibility index (Phi) is 3.58. The highest BCUT2D eigenvalue weighted by atomic mass is 16.5. The van der Waals surface area contributed by atoms with Gasteiger partial charge in [-0.05, 0) is 16.9 Å². The molecule has 0 spiro atoms. The fraction of sp³-hybridized carbons (Fsp3) is 0.375. The number of hydrogen-bond donors (Lipinski definition) is 1. The van der Waals surface area contributed by atoms with Gasteiger partial charge in [-0.2, -0.15) is 0 Å². The van der Waals surface area contributed by atoms with Crippen molar-refractivity contribution in [3.05, 3.63) is 42.5 Å². The Labute approximate surface area is 109 Å². The summed E-state index contributed by atoms with van der Waals surface area (Å²) >= 11 is 0. The molecule has 1 atom stereocenters. The highest BCUT2D eigenvalue weighted by Crippen LogP contribution is 2.26. The minimum Gasteiger partial charge on any atom is -0.491 e. The Bertz CT molecular complexity index is 523. The molecule has 1 unspecified atom stereocenters.